The van der Waals surface area contributed by atoms with Crippen LogP contribution >= 0.6 is 0 Å². The van der Waals surface area contributed by atoms with Crippen molar-refractivity contribution in [3.8, 4) is 0 Å². The van der Waals surface area contributed by atoms with E-state index in [-0.39, 0.29) is 0 Å². The molecule has 1 N–H and O–H groups in total. The van der Waals surface area contributed by atoms with E-state index in [1.54, 1.807) is 0 Å². The summed E-state index contributed by atoms with van der Waals surface area (Å²) in [6.07, 6.45) is 6.63. The van der Waals surface area contributed by atoms with Crippen LogP contribution in [0.3, 0.4) is 0 Å². The fourth-order valence-corrected chi connectivity index (χ4v) is 3.46. The summed E-state index contributed by atoms with van der Waals surface area (Å²) in [6, 6.07) is 1.44. The van der Waals surface area contributed by atoms with Gasteiger partial charge in [-0.05, 0) is 49.9 Å². The summed E-state index contributed by atoms with van der Waals surface area (Å²) in [6.45, 7) is 9.08. The van der Waals surface area contributed by atoms with E-state index in [2.05, 4.69) is 26.1 Å². The zero-order chi connectivity index (χ0) is 12.3. The molecule has 2 nitrogen and oxygen atoms in total. The van der Waals surface area contributed by atoms with Gasteiger partial charge in [-0.15, -0.1) is 0 Å². The van der Waals surface area contributed by atoms with Crippen molar-refractivity contribution in [3.05, 3.63) is 0 Å². The lowest BCUT2D eigenvalue weighted by Gasteiger charge is -2.36. The molecule has 5 atom stereocenters. The molecule has 2 rings (SSSR count). The van der Waals surface area contributed by atoms with Crippen molar-refractivity contribution in [1.29, 1.82) is 0 Å². The van der Waals surface area contributed by atoms with Gasteiger partial charge in [0.25, 0.3) is 0 Å². The zero-order valence-electron chi connectivity index (χ0n) is 11.7. The minimum atomic E-state index is 0.683. The van der Waals surface area contributed by atoms with Gasteiger partial charge in [0, 0.05) is 18.7 Å². The Balaban J connectivity index is 1.81. The molecule has 1 saturated carbocycles. The number of hydrogen-bond donors (Lipinski definition) is 1. The van der Waals surface area contributed by atoms with Crippen LogP contribution in [0.5, 0.6) is 0 Å². The molecule has 1 heterocycles. The van der Waals surface area contributed by atoms with Crippen LogP contribution in [0.4, 0.5) is 0 Å². The van der Waals surface area contributed by atoms with E-state index in [0.717, 1.165) is 37.0 Å². The summed E-state index contributed by atoms with van der Waals surface area (Å²) in [5.41, 5.74) is 0. The van der Waals surface area contributed by atoms with Crippen LogP contribution in [0.1, 0.15) is 52.9 Å². The van der Waals surface area contributed by atoms with Gasteiger partial charge in [-0.3, -0.25) is 0 Å². The van der Waals surface area contributed by atoms with Gasteiger partial charge in [0.1, 0.15) is 0 Å². The SMILES string of the molecule is CCC(NC1CCC(C)C(C)C1)C1CCOC1. The summed E-state index contributed by atoms with van der Waals surface area (Å²) < 4.78 is 5.53. The van der Waals surface area contributed by atoms with Crippen LogP contribution in [0.25, 0.3) is 0 Å². The predicted octanol–water partition coefficient (Wildman–Crippen LogP) is 3.22. The molecule has 100 valence electrons. The Kier molecular flexibility index (Phi) is 4.87. The molecular formula is C15H29NO. The molecule has 2 heteroatoms. The molecule has 0 radical (unpaired) electrons. The maximum absolute atomic E-state index is 5.53. The molecule has 0 aromatic rings. The lowest BCUT2D eigenvalue weighted by atomic mass is 9.78. The molecule has 1 aliphatic carbocycles. The third-order valence-electron chi connectivity index (χ3n) is 5.02. The molecule has 2 fully saturated rings. The van der Waals surface area contributed by atoms with E-state index in [9.17, 15) is 0 Å². The van der Waals surface area contributed by atoms with Gasteiger partial charge in [-0.2, -0.15) is 0 Å². The van der Waals surface area contributed by atoms with Crippen LogP contribution in [0.15, 0.2) is 0 Å². The lowest BCUT2D eigenvalue weighted by Crippen LogP contribution is -2.45. The maximum Gasteiger partial charge on any atom is 0.0510 e. The van der Waals surface area contributed by atoms with Crippen LogP contribution in [-0.2, 0) is 4.74 Å². The smallest absolute Gasteiger partial charge is 0.0510 e. The standard InChI is InChI=1S/C15H29NO/c1-4-15(13-7-8-17-10-13)16-14-6-5-11(2)12(3)9-14/h11-16H,4-10H2,1-3H3. The minimum Gasteiger partial charge on any atom is -0.381 e. The largest absolute Gasteiger partial charge is 0.381 e. The molecule has 1 aliphatic heterocycles. The van der Waals surface area contributed by atoms with Gasteiger partial charge in [-0.25, -0.2) is 0 Å². The van der Waals surface area contributed by atoms with Crippen molar-refractivity contribution in [2.24, 2.45) is 17.8 Å². The fourth-order valence-electron chi connectivity index (χ4n) is 3.46. The minimum absolute atomic E-state index is 0.683. The van der Waals surface area contributed by atoms with Crippen molar-refractivity contribution >= 4 is 0 Å². The molecular weight excluding hydrogens is 210 g/mol. The number of ether oxygens (including phenoxy) is 1. The Morgan fingerprint density at radius 1 is 1.18 bits per heavy atom. The van der Waals surface area contributed by atoms with Crippen molar-refractivity contribution < 1.29 is 4.74 Å². The van der Waals surface area contributed by atoms with E-state index in [0.29, 0.717) is 6.04 Å². The highest BCUT2D eigenvalue weighted by atomic mass is 16.5. The second-order valence-electron chi connectivity index (χ2n) is 6.27. The van der Waals surface area contributed by atoms with E-state index < -0.39 is 0 Å². The highest BCUT2D eigenvalue weighted by Crippen LogP contribution is 2.30. The summed E-state index contributed by atoms with van der Waals surface area (Å²) in [5, 5.41) is 3.92. The zero-order valence-corrected chi connectivity index (χ0v) is 11.7. The Labute approximate surface area is 107 Å². The lowest BCUT2D eigenvalue weighted by molar-refractivity contribution is 0.162. The monoisotopic (exact) mass is 239 g/mol. The topological polar surface area (TPSA) is 21.3 Å². The molecule has 5 unspecified atom stereocenters. The number of rotatable bonds is 4. The third kappa shape index (κ3) is 3.45. The molecule has 0 amide bonds. The molecule has 0 spiro atoms. The first-order chi connectivity index (χ1) is 8.20. The first kappa shape index (κ1) is 13.4. The van der Waals surface area contributed by atoms with Gasteiger partial charge in [0.2, 0.25) is 0 Å². The highest BCUT2D eigenvalue weighted by molar-refractivity contribution is 4.86. The average Bonchev–Trinajstić information content (AvgIpc) is 2.84. The molecule has 0 aromatic heterocycles. The predicted molar refractivity (Wildman–Crippen MR) is 72.1 cm³/mol. The van der Waals surface area contributed by atoms with Crippen molar-refractivity contribution in [2.75, 3.05) is 13.2 Å². The average molecular weight is 239 g/mol. The van der Waals surface area contributed by atoms with Crippen LogP contribution in [0.2, 0.25) is 0 Å². The Morgan fingerprint density at radius 2 is 2.00 bits per heavy atom. The Hall–Kier alpha value is -0.0800. The van der Waals surface area contributed by atoms with Crippen molar-refractivity contribution in [2.45, 2.75) is 65.0 Å². The molecule has 1 saturated heterocycles. The number of nitrogens with one attached hydrogen (secondary N) is 1. The molecule has 0 bridgehead atoms. The van der Waals surface area contributed by atoms with E-state index in [1.165, 1.54) is 32.1 Å². The van der Waals surface area contributed by atoms with Crippen molar-refractivity contribution in [1.82, 2.24) is 5.32 Å². The highest BCUT2D eigenvalue weighted by Gasteiger charge is 2.29. The van der Waals surface area contributed by atoms with Gasteiger partial charge in [0.15, 0.2) is 0 Å². The van der Waals surface area contributed by atoms with E-state index in [4.69, 9.17) is 4.74 Å². The Bertz CT molecular complexity index is 225. The normalized spacial score (nSPS) is 40.4. The van der Waals surface area contributed by atoms with Gasteiger partial charge < -0.3 is 10.1 Å². The number of hydrogen-bond acceptors (Lipinski definition) is 2. The van der Waals surface area contributed by atoms with Gasteiger partial charge in [-0.1, -0.05) is 20.8 Å². The second-order valence-corrected chi connectivity index (χ2v) is 6.27. The summed E-state index contributed by atoms with van der Waals surface area (Å²) in [7, 11) is 0. The third-order valence-corrected chi connectivity index (χ3v) is 5.02. The summed E-state index contributed by atoms with van der Waals surface area (Å²) in [4.78, 5) is 0. The van der Waals surface area contributed by atoms with Crippen LogP contribution in [0, 0.1) is 17.8 Å². The maximum atomic E-state index is 5.53. The van der Waals surface area contributed by atoms with Crippen LogP contribution < -0.4 is 5.32 Å². The van der Waals surface area contributed by atoms with Crippen molar-refractivity contribution in [3.63, 3.8) is 0 Å². The second kappa shape index (κ2) is 6.19. The molecule has 0 aromatic carbocycles. The summed E-state index contributed by atoms with van der Waals surface area (Å²) >= 11 is 0. The van der Waals surface area contributed by atoms with E-state index >= 15 is 0 Å². The summed E-state index contributed by atoms with van der Waals surface area (Å²) in [5.74, 6) is 2.57. The molecule has 2 aliphatic rings. The first-order valence-electron chi connectivity index (χ1n) is 7.54. The first-order valence-corrected chi connectivity index (χ1v) is 7.54. The quantitative estimate of drug-likeness (QED) is 0.813. The molecule has 17 heavy (non-hydrogen) atoms. The van der Waals surface area contributed by atoms with E-state index in [1.807, 2.05) is 0 Å². The van der Waals surface area contributed by atoms with Gasteiger partial charge in [0.05, 0.1) is 6.61 Å². The van der Waals surface area contributed by atoms with Gasteiger partial charge >= 0.3 is 0 Å². The Morgan fingerprint density at radius 3 is 2.59 bits per heavy atom. The fraction of sp³-hybridized carbons (Fsp3) is 1.00. The van der Waals surface area contributed by atoms with Crippen LogP contribution in [-0.4, -0.2) is 25.3 Å².